The third kappa shape index (κ3) is 1.23. The lowest BCUT2D eigenvalue weighted by atomic mass is 9.70. The summed E-state index contributed by atoms with van der Waals surface area (Å²) in [6, 6.07) is 0. The Bertz CT molecular complexity index is 377. The van der Waals surface area contributed by atoms with Gasteiger partial charge in [0.2, 0.25) is 0 Å². The number of carbonyl (C=O) groups excluding carboxylic acids is 2. The van der Waals surface area contributed by atoms with Crippen LogP contribution in [-0.2, 0) is 23.8 Å². The summed E-state index contributed by atoms with van der Waals surface area (Å²) in [5.41, 5.74) is 0. The second-order valence-electron chi connectivity index (χ2n) is 5.36. The largest absolute Gasteiger partial charge is 0.469 e. The number of esters is 2. The fraction of sp³-hybridized carbons (Fsp3) is 0.833. The number of methoxy groups -OCH3 is 1. The lowest BCUT2D eigenvalue weighted by molar-refractivity contribution is -0.153. The highest BCUT2D eigenvalue weighted by Gasteiger charge is 2.70. The van der Waals surface area contributed by atoms with Gasteiger partial charge in [0.05, 0.1) is 19.1 Å². The Morgan fingerprint density at radius 1 is 1.29 bits per heavy atom. The van der Waals surface area contributed by atoms with Gasteiger partial charge < -0.3 is 14.2 Å². The van der Waals surface area contributed by atoms with E-state index in [2.05, 4.69) is 13.8 Å². The zero-order valence-corrected chi connectivity index (χ0v) is 10.1. The first kappa shape index (κ1) is 11.0. The second kappa shape index (κ2) is 3.45. The van der Waals surface area contributed by atoms with Crippen molar-refractivity contribution in [2.75, 3.05) is 7.11 Å². The van der Waals surface area contributed by atoms with Gasteiger partial charge in [-0.25, -0.2) is 0 Å². The van der Waals surface area contributed by atoms with E-state index in [0.29, 0.717) is 5.92 Å². The molecule has 3 aliphatic heterocycles. The van der Waals surface area contributed by atoms with Gasteiger partial charge in [0.1, 0.15) is 18.1 Å². The summed E-state index contributed by atoms with van der Waals surface area (Å²) < 4.78 is 15.9. The predicted molar refractivity (Wildman–Crippen MR) is 55.9 cm³/mol. The summed E-state index contributed by atoms with van der Waals surface area (Å²) in [4.78, 5) is 23.6. The highest BCUT2D eigenvalue weighted by Crippen LogP contribution is 2.54. The summed E-state index contributed by atoms with van der Waals surface area (Å²) in [6.45, 7) is 4.12. The first-order valence-corrected chi connectivity index (χ1v) is 6.00. The number of ether oxygens (including phenoxy) is 3. The maximum absolute atomic E-state index is 11.8. The van der Waals surface area contributed by atoms with Crippen LogP contribution in [0.5, 0.6) is 0 Å². The average molecular weight is 240 g/mol. The molecule has 0 spiro atoms. The van der Waals surface area contributed by atoms with Gasteiger partial charge in [0.25, 0.3) is 0 Å². The molecule has 3 rings (SSSR count). The van der Waals surface area contributed by atoms with E-state index in [9.17, 15) is 9.59 Å². The van der Waals surface area contributed by atoms with E-state index < -0.39 is 11.8 Å². The molecule has 3 fully saturated rings. The van der Waals surface area contributed by atoms with Crippen molar-refractivity contribution >= 4 is 11.9 Å². The number of carbonyl (C=O) groups is 2. The number of fused-ring (bicyclic) bond motifs is 1. The van der Waals surface area contributed by atoms with Crippen LogP contribution in [0.1, 0.15) is 13.8 Å². The first-order valence-electron chi connectivity index (χ1n) is 6.00. The molecule has 5 nitrogen and oxygen atoms in total. The summed E-state index contributed by atoms with van der Waals surface area (Å²) >= 11 is 0. The molecule has 5 heteroatoms. The monoisotopic (exact) mass is 240 g/mol. The van der Waals surface area contributed by atoms with Crippen LogP contribution < -0.4 is 0 Å². The van der Waals surface area contributed by atoms with Crippen molar-refractivity contribution in [1.82, 2.24) is 0 Å². The fourth-order valence-electron chi connectivity index (χ4n) is 3.59. The van der Waals surface area contributed by atoms with Crippen molar-refractivity contribution in [2.24, 2.45) is 23.7 Å². The molecule has 94 valence electrons. The van der Waals surface area contributed by atoms with E-state index in [4.69, 9.17) is 14.2 Å². The van der Waals surface area contributed by atoms with Gasteiger partial charge >= 0.3 is 11.9 Å². The maximum Gasteiger partial charge on any atom is 0.313 e. The van der Waals surface area contributed by atoms with Crippen LogP contribution in [0.4, 0.5) is 0 Å². The third-order valence-corrected chi connectivity index (χ3v) is 4.26. The van der Waals surface area contributed by atoms with Gasteiger partial charge in [-0.1, -0.05) is 13.8 Å². The molecule has 3 aliphatic rings. The van der Waals surface area contributed by atoms with Crippen LogP contribution in [0.15, 0.2) is 0 Å². The van der Waals surface area contributed by atoms with E-state index in [1.807, 2.05) is 0 Å². The zero-order chi connectivity index (χ0) is 12.3. The molecule has 3 heterocycles. The molecule has 0 radical (unpaired) electrons. The molecule has 0 aromatic heterocycles. The van der Waals surface area contributed by atoms with Crippen molar-refractivity contribution in [1.29, 1.82) is 0 Å². The molecular formula is C12H16O5. The van der Waals surface area contributed by atoms with E-state index in [-0.39, 0.29) is 36.2 Å². The Morgan fingerprint density at radius 3 is 2.59 bits per heavy atom. The number of rotatable bonds is 2. The third-order valence-electron chi connectivity index (χ3n) is 4.26. The van der Waals surface area contributed by atoms with Crippen LogP contribution in [0.2, 0.25) is 0 Å². The Kier molecular flexibility index (Phi) is 2.23. The predicted octanol–water partition coefficient (Wildman–Crippen LogP) is 0.370. The molecule has 17 heavy (non-hydrogen) atoms. The molecule has 2 bridgehead atoms. The van der Waals surface area contributed by atoms with E-state index in [1.54, 1.807) is 0 Å². The Labute approximate surface area is 99.4 Å². The smallest absolute Gasteiger partial charge is 0.313 e. The standard InChI is InChI=1S/C12H16O5/c1-4(2)5-8-6(11(13)15-3)7-10(16-8)9(5)17-12(7)14/h4-10H,1-3H3. The van der Waals surface area contributed by atoms with Crippen molar-refractivity contribution in [3.05, 3.63) is 0 Å². The van der Waals surface area contributed by atoms with Crippen LogP contribution in [0.25, 0.3) is 0 Å². The maximum atomic E-state index is 11.8. The van der Waals surface area contributed by atoms with Crippen LogP contribution in [0, 0.1) is 23.7 Å². The number of hydrogen-bond donors (Lipinski definition) is 0. The quantitative estimate of drug-likeness (QED) is 0.653. The molecule has 0 aromatic carbocycles. The molecule has 0 aromatic rings. The molecular weight excluding hydrogens is 224 g/mol. The fourth-order valence-corrected chi connectivity index (χ4v) is 3.59. The van der Waals surface area contributed by atoms with Crippen molar-refractivity contribution in [3.8, 4) is 0 Å². The Balaban J connectivity index is 1.98. The van der Waals surface area contributed by atoms with Gasteiger partial charge in [-0.3, -0.25) is 9.59 Å². The van der Waals surface area contributed by atoms with E-state index in [0.717, 1.165) is 0 Å². The summed E-state index contributed by atoms with van der Waals surface area (Å²) in [5.74, 6) is -1.18. The molecule has 6 unspecified atom stereocenters. The van der Waals surface area contributed by atoms with Gasteiger partial charge in [-0.05, 0) is 5.92 Å². The van der Waals surface area contributed by atoms with Crippen molar-refractivity contribution in [2.45, 2.75) is 32.2 Å². The lowest BCUT2D eigenvalue weighted by Crippen LogP contribution is -2.44. The SMILES string of the molecule is COC(=O)C1C2OC3C(OC(=O)C31)C2C(C)C. The van der Waals surface area contributed by atoms with E-state index >= 15 is 0 Å². The molecule has 0 aliphatic carbocycles. The molecule has 0 amide bonds. The van der Waals surface area contributed by atoms with Crippen LogP contribution >= 0.6 is 0 Å². The minimum atomic E-state index is -0.483. The van der Waals surface area contributed by atoms with Gasteiger partial charge in [-0.2, -0.15) is 0 Å². The minimum absolute atomic E-state index is 0.104. The zero-order valence-electron chi connectivity index (χ0n) is 10.1. The average Bonchev–Trinajstić information content (AvgIpc) is 2.86. The van der Waals surface area contributed by atoms with Crippen molar-refractivity contribution < 1.29 is 23.8 Å². The number of hydrogen-bond acceptors (Lipinski definition) is 5. The summed E-state index contributed by atoms with van der Waals surface area (Å²) in [6.07, 6.45) is -0.642. The molecule has 6 atom stereocenters. The molecule has 0 N–H and O–H groups in total. The van der Waals surface area contributed by atoms with E-state index in [1.165, 1.54) is 7.11 Å². The van der Waals surface area contributed by atoms with Crippen LogP contribution in [0.3, 0.4) is 0 Å². The van der Waals surface area contributed by atoms with Gasteiger partial charge in [-0.15, -0.1) is 0 Å². The molecule has 0 saturated carbocycles. The highest BCUT2D eigenvalue weighted by molar-refractivity contribution is 5.86. The van der Waals surface area contributed by atoms with Crippen LogP contribution in [-0.4, -0.2) is 37.4 Å². The Hall–Kier alpha value is -1.10. The van der Waals surface area contributed by atoms with Gasteiger partial charge in [0, 0.05) is 5.92 Å². The normalized spacial score (nSPS) is 46.5. The van der Waals surface area contributed by atoms with Crippen molar-refractivity contribution in [3.63, 3.8) is 0 Å². The molecule has 3 saturated heterocycles. The lowest BCUT2D eigenvalue weighted by Gasteiger charge is -2.29. The second-order valence-corrected chi connectivity index (χ2v) is 5.36. The van der Waals surface area contributed by atoms with Gasteiger partial charge in [0.15, 0.2) is 0 Å². The first-order chi connectivity index (χ1) is 8.06. The Morgan fingerprint density at radius 2 is 2.00 bits per heavy atom. The topological polar surface area (TPSA) is 61.8 Å². The minimum Gasteiger partial charge on any atom is -0.469 e. The summed E-state index contributed by atoms with van der Waals surface area (Å²) in [5, 5.41) is 0. The summed E-state index contributed by atoms with van der Waals surface area (Å²) in [7, 11) is 1.34. The highest BCUT2D eigenvalue weighted by atomic mass is 16.6.